The van der Waals surface area contributed by atoms with Crippen molar-refractivity contribution < 1.29 is 5.11 Å². The first-order chi connectivity index (χ1) is 7.36. The molecule has 0 aliphatic rings. The molecule has 0 saturated heterocycles. The molecular weight excluding hydrogens is 218 g/mol. The zero-order chi connectivity index (χ0) is 12.4. The monoisotopic (exact) mass is 241 g/mol. The van der Waals surface area contributed by atoms with E-state index in [1.807, 2.05) is 0 Å². The minimum absolute atomic E-state index is 0.143. The van der Waals surface area contributed by atoms with E-state index in [9.17, 15) is 5.11 Å². The standard InChI is InChI=1S/C13H23NOS/c1-10(2)13(7-8-15,12(3,4)14)11-6-5-9-16-11/h5-6,9-10,15H,7-8,14H2,1-4H3. The molecule has 3 heteroatoms. The topological polar surface area (TPSA) is 46.2 Å². The van der Waals surface area contributed by atoms with Crippen LogP contribution in [-0.4, -0.2) is 17.3 Å². The Bertz CT molecular complexity index is 313. The van der Waals surface area contributed by atoms with E-state index in [1.54, 1.807) is 11.3 Å². The van der Waals surface area contributed by atoms with E-state index < -0.39 is 0 Å². The number of nitrogens with two attached hydrogens (primary N) is 1. The van der Waals surface area contributed by atoms with Crippen LogP contribution in [0.3, 0.4) is 0 Å². The fourth-order valence-electron chi connectivity index (χ4n) is 2.79. The number of aliphatic hydroxyl groups is 1. The summed E-state index contributed by atoms with van der Waals surface area (Å²) >= 11 is 1.73. The molecule has 1 rings (SSSR count). The minimum atomic E-state index is -0.339. The van der Waals surface area contributed by atoms with E-state index in [0.29, 0.717) is 12.3 Å². The van der Waals surface area contributed by atoms with Gasteiger partial charge in [0.1, 0.15) is 0 Å². The van der Waals surface area contributed by atoms with Gasteiger partial charge >= 0.3 is 0 Å². The summed E-state index contributed by atoms with van der Waals surface area (Å²) in [7, 11) is 0. The van der Waals surface area contributed by atoms with Gasteiger partial charge < -0.3 is 10.8 Å². The molecule has 92 valence electrons. The van der Waals surface area contributed by atoms with Crippen LogP contribution in [0, 0.1) is 5.92 Å². The first-order valence-corrected chi connectivity index (χ1v) is 6.68. The molecule has 0 aliphatic carbocycles. The maximum absolute atomic E-state index is 9.36. The van der Waals surface area contributed by atoms with Crippen LogP contribution in [0.1, 0.15) is 39.0 Å². The van der Waals surface area contributed by atoms with E-state index in [1.165, 1.54) is 4.88 Å². The van der Waals surface area contributed by atoms with Gasteiger partial charge in [0, 0.05) is 22.4 Å². The zero-order valence-electron chi connectivity index (χ0n) is 10.7. The Labute approximate surface area is 102 Å². The maximum atomic E-state index is 9.36. The van der Waals surface area contributed by atoms with E-state index >= 15 is 0 Å². The van der Waals surface area contributed by atoms with Crippen LogP contribution in [0.2, 0.25) is 0 Å². The summed E-state index contributed by atoms with van der Waals surface area (Å²) < 4.78 is 0. The van der Waals surface area contributed by atoms with Gasteiger partial charge in [0.15, 0.2) is 0 Å². The Kier molecular flexibility index (Phi) is 4.16. The van der Waals surface area contributed by atoms with E-state index in [4.69, 9.17) is 5.73 Å². The highest BCUT2D eigenvalue weighted by molar-refractivity contribution is 7.10. The van der Waals surface area contributed by atoms with Crippen LogP contribution in [0.4, 0.5) is 0 Å². The predicted molar refractivity (Wildman–Crippen MR) is 70.8 cm³/mol. The Morgan fingerprint density at radius 2 is 2.06 bits per heavy atom. The van der Waals surface area contributed by atoms with Crippen molar-refractivity contribution in [1.29, 1.82) is 0 Å². The predicted octanol–water partition coefficient (Wildman–Crippen LogP) is 2.76. The summed E-state index contributed by atoms with van der Waals surface area (Å²) in [5.74, 6) is 0.401. The highest BCUT2D eigenvalue weighted by Gasteiger charge is 2.46. The SMILES string of the molecule is CC(C)C(CCO)(c1cccs1)C(C)(C)N. The van der Waals surface area contributed by atoms with Gasteiger partial charge in [0.2, 0.25) is 0 Å². The molecule has 0 fully saturated rings. The molecule has 0 spiro atoms. The molecule has 1 atom stereocenters. The average molecular weight is 241 g/mol. The van der Waals surface area contributed by atoms with Crippen molar-refractivity contribution in [1.82, 2.24) is 0 Å². The Morgan fingerprint density at radius 1 is 1.44 bits per heavy atom. The second-order valence-corrected chi connectivity index (χ2v) is 6.25. The highest BCUT2D eigenvalue weighted by Crippen LogP contribution is 2.45. The molecule has 2 nitrogen and oxygen atoms in total. The molecule has 1 unspecified atom stereocenters. The fourth-order valence-corrected chi connectivity index (χ4v) is 4.06. The van der Waals surface area contributed by atoms with Crippen molar-refractivity contribution in [2.24, 2.45) is 11.7 Å². The first kappa shape index (κ1) is 13.7. The molecule has 1 aromatic heterocycles. The third-order valence-electron chi connectivity index (χ3n) is 3.60. The van der Waals surface area contributed by atoms with Crippen LogP contribution in [0.25, 0.3) is 0 Å². The largest absolute Gasteiger partial charge is 0.396 e. The van der Waals surface area contributed by atoms with Crippen molar-refractivity contribution in [3.8, 4) is 0 Å². The number of rotatable bonds is 5. The third kappa shape index (κ3) is 2.17. The maximum Gasteiger partial charge on any atom is 0.0440 e. The summed E-state index contributed by atoms with van der Waals surface area (Å²) in [6.45, 7) is 8.66. The van der Waals surface area contributed by atoms with Crippen molar-refractivity contribution in [3.05, 3.63) is 22.4 Å². The summed E-state index contributed by atoms with van der Waals surface area (Å²) in [5, 5.41) is 11.4. The summed E-state index contributed by atoms with van der Waals surface area (Å²) in [5.41, 5.74) is 5.91. The summed E-state index contributed by atoms with van der Waals surface area (Å²) in [6.07, 6.45) is 0.717. The fraction of sp³-hybridized carbons (Fsp3) is 0.692. The molecule has 0 radical (unpaired) electrons. The molecule has 0 amide bonds. The normalized spacial score (nSPS) is 16.4. The van der Waals surface area contributed by atoms with Crippen LogP contribution in [0.5, 0.6) is 0 Å². The first-order valence-electron chi connectivity index (χ1n) is 5.80. The number of hydrogen-bond acceptors (Lipinski definition) is 3. The number of aliphatic hydroxyl groups excluding tert-OH is 1. The Morgan fingerprint density at radius 3 is 2.38 bits per heavy atom. The lowest BCUT2D eigenvalue weighted by molar-refractivity contribution is 0.132. The van der Waals surface area contributed by atoms with Crippen LogP contribution in [-0.2, 0) is 5.41 Å². The summed E-state index contributed by atoms with van der Waals surface area (Å²) in [4.78, 5) is 1.28. The van der Waals surface area contributed by atoms with Crippen molar-refractivity contribution in [2.45, 2.75) is 45.1 Å². The quantitative estimate of drug-likeness (QED) is 0.832. The van der Waals surface area contributed by atoms with Crippen molar-refractivity contribution >= 4 is 11.3 Å². The Hall–Kier alpha value is -0.380. The zero-order valence-corrected chi connectivity index (χ0v) is 11.5. The van der Waals surface area contributed by atoms with E-state index in [2.05, 4.69) is 45.2 Å². The molecule has 0 aliphatic heterocycles. The summed E-state index contributed by atoms with van der Waals surface area (Å²) in [6, 6.07) is 4.19. The van der Waals surface area contributed by atoms with Gasteiger partial charge in [-0.3, -0.25) is 0 Å². The van der Waals surface area contributed by atoms with Gasteiger partial charge in [0.25, 0.3) is 0 Å². The molecule has 0 aromatic carbocycles. The van der Waals surface area contributed by atoms with E-state index in [-0.39, 0.29) is 17.6 Å². The molecule has 3 N–H and O–H groups in total. The van der Waals surface area contributed by atoms with Gasteiger partial charge in [-0.25, -0.2) is 0 Å². The van der Waals surface area contributed by atoms with Crippen LogP contribution >= 0.6 is 11.3 Å². The molecule has 0 saturated carbocycles. The molecular formula is C13H23NOS. The second kappa shape index (κ2) is 4.86. The molecule has 16 heavy (non-hydrogen) atoms. The van der Waals surface area contributed by atoms with Crippen LogP contribution in [0.15, 0.2) is 17.5 Å². The van der Waals surface area contributed by atoms with Gasteiger partial charge in [-0.1, -0.05) is 19.9 Å². The average Bonchev–Trinajstić information content (AvgIpc) is 2.64. The van der Waals surface area contributed by atoms with Crippen LogP contribution < -0.4 is 5.73 Å². The Balaban J connectivity index is 3.29. The van der Waals surface area contributed by atoms with Gasteiger partial charge in [0.05, 0.1) is 0 Å². The van der Waals surface area contributed by atoms with Gasteiger partial charge in [-0.2, -0.15) is 0 Å². The van der Waals surface area contributed by atoms with Gasteiger partial charge in [-0.05, 0) is 37.6 Å². The highest BCUT2D eigenvalue weighted by atomic mass is 32.1. The van der Waals surface area contributed by atoms with Gasteiger partial charge in [-0.15, -0.1) is 11.3 Å². The number of hydrogen-bond donors (Lipinski definition) is 2. The minimum Gasteiger partial charge on any atom is -0.396 e. The molecule has 1 heterocycles. The number of thiophene rings is 1. The molecule has 1 aromatic rings. The third-order valence-corrected chi connectivity index (χ3v) is 4.65. The second-order valence-electron chi connectivity index (χ2n) is 5.30. The van der Waals surface area contributed by atoms with Crippen molar-refractivity contribution in [2.75, 3.05) is 6.61 Å². The van der Waals surface area contributed by atoms with E-state index in [0.717, 1.165) is 0 Å². The molecule has 0 bridgehead atoms. The lowest BCUT2D eigenvalue weighted by Gasteiger charge is -2.47. The lowest BCUT2D eigenvalue weighted by atomic mass is 9.62. The lowest BCUT2D eigenvalue weighted by Crippen LogP contribution is -2.57. The smallest absolute Gasteiger partial charge is 0.0440 e. The van der Waals surface area contributed by atoms with Crippen molar-refractivity contribution in [3.63, 3.8) is 0 Å².